The van der Waals surface area contributed by atoms with Crippen LogP contribution in [-0.2, 0) is 9.53 Å². The Morgan fingerprint density at radius 1 is 1.06 bits per heavy atom. The lowest BCUT2D eigenvalue weighted by Crippen LogP contribution is -2.35. The third-order valence-electron chi connectivity index (χ3n) is 5.01. The fraction of sp³-hybridized carbons (Fsp3) is 0.280. The molecule has 0 radical (unpaired) electrons. The molecule has 11 heteroatoms. The highest BCUT2D eigenvalue weighted by Crippen LogP contribution is 2.36. The topological polar surface area (TPSA) is 96.6 Å². The van der Waals surface area contributed by atoms with Crippen molar-refractivity contribution < 1.29 is 19.0 Å². The van der Waals surface area contributed by atoms with E-state index in [1.807, 2.05) is 37.3 Å². The van der Waals surface area contributed by atoms with Crippen LogP contribution in [0.2, 0.25) is 10.0 Å². The van der Waals surface area contributed by atoms with Crippen LogP contribution < -0.4 is 9.47 Å². The van der Waals surface area contributed by atoms with E-state index < -0.39 is 5.91 Å². The van der Waals surface area contributed by atoms with Crippen LogP contribution in [0.4, 0.5) is 0 Å². The third kappa shape index (κ3) is 6.47. The third-order valence-corrected chi connectivity index (χ3v) is 6.54. The zero-order valence-corrected chi connectivity index (χ0v) is 21.8. The first kappa shape index (κ1) is 26.2. The van der Waals surface area contributed by atoms with Gasteiger partial charge in [0.15, 0.2) is 11.6 Å². The molecule has 0 fully saturated rings. The van der Waals surface area contributed by atoms with Gasteiger partial charge in [-0.1, -0.05) is 48.3 Å². The Morgan fingerprint density at radius 3 is 2.44 bits per heavy atom. The summed E-state index contributed by atoms with van der Waals surface area (Å²) in [6, 6.07) is 12.7. The maximum atomic E-state index is 12.6. The minimum Gasteiger partial charge on any atom is -0.491 e. The Morgan fingerprint density at radius 2 is 1.75 bits per heavy atom. The molecule has 2 heterocycles. The number of thioether (sulfide) groups is 1. The molecule has 0 unspecified atom stereocenters. The standard InChI is InChI=1S/C25H24Cl2N4O4S/c1-2-6-21-30-31-23(28)18(24(32)29-25(31)36-21)13-16-14-19(26)22(20(27)15-16)35-12-10-33-9-11-34-17-7-4-3-5-8-17/h3-5,7-8,13-15,28H,2,6,9-12H2,1H3/b18-13-,28-23?. The number of para-hydroxylation sites is 1. The highest BCUT2D eigenvalue weighted by Gasteiger charge is 2.35. The summed E-state index contributed by atoms with van der Waals surface area (Å²) in [6.45, 7) is 3.46. The first-order valence-electron chi connectivity index (χ1n) is 11.3. The predicted octanol–water partition coefficient (Wildman–Crippen LogP) is 5.89. The quantitative estimate of drug-likeness (QED) is 0.279. The van der Waals surface area contributed by atoms with Crippen LogP contribution in [0.25, 0.3) is 6.08 Å². The van der Waals surface area contributed by atoms with Gasteiger partial charge in [0.05, 0.1) is 28.8 Å². The van der Waals surface area contributed by atoms with E-state index in [0.717, 1.165) is 23.6 Å². The van der Waals surface area contributed by atoms with Crippen molar-refractivity contribution >= 4 is 63.0 Å². The second-order valence-corrected chi connectivity index (χ2v) is 9.55. The predicted molar refractivity (Wildman–Crippen MR) is 145 cm³/mol. The molecule has 1 amide bonds. The second-order valence-electron chi connectivity index (χ2n) is 7.70. The summed E-state index contributed by atoms with van der Waals surface area (Å²) >= 11 is 14.1. The molecule has 4 rings (SSSR count). The summed E-state index contributed by atoms with van der Waals surface area (Å²) < 4.78 is 16.8. The van der Waals surface area contributed by atoms with Crippen LogP contribution in [0.5, 0.6) is 11.5 Å². The number of hydrogen-bond donors (Lipinski definition) is 1. The van der Waals surface area contributed by atoms with E-state index in [9.17, 15) is 4.79 Å². The fourth-order valence-electron chi connectivity index (χ4n) is 3.35. The fourth-order valence-corrected chi connectivity index (χ4v) is 4.95. The maximum absolute atomic E-state index is 12.6. The van der Waals surface area contributed by atoms with Crippen LogP contribution in [-0.4, -0.2) is 53.4 Å². The zero-order valence-electron chi connectivity index (χ0n) is 19.5. The number of carbonyl (C=O) groups excluding carboxylic acids is 1. The minimum absolute atomic E-state index is 0.0374. The molecule has 1 N–H and O–H groups in total. The number of hydrogen-bond acceptors (Lipinski definition) is 7. The van der Waals surface area contributed by atoms with Gasteiger partial charge in [0, 0.05) is 0 Å². The van der Waals surface area contributed by atoms with Crippen molar-refractivity contribution in [3.63, 3.8) is 0 Å². The Hall–Kier alpha value is -2.85. The molecule has 8 nitrogen and oxygen atoms in total. The Balaban J connectivity index is 1.32. The molecule has 188 valence electrons. The van der Waals surface area contributed by atoms with Crippen LogP contribution in [0, 0.1) is 5.41 Å². The minimum atomic E-state index is -0.507. The number of aliphatic imine (C=N–C) groups is 1. The number of amides is 1. The smallest absolute Gasteiger partial charge is 0.283 e. The Labute approximate surface area is 223 Å². The molecule has 2 aromatic rings. The number of carbonyl (C=O) groups is 1. The van der Waals surface area contributed by atoms with Crippen molar-refractivity contribution in [3.8, 4) is 11.5 Å². The lowest BCUT2D eigenvalue weighted by atomic mass is 10.1. The van der Waals surface area contributed by atoms with E-state index in [4.69, 9.17) is 42.8 Å². The molecule has 2 aliphatic heterocycles. The summed E-state index contributed by atoms with van der Waals surface area (Å²) in [5.41, 5.74) is 0.649. The first-order valence-corrected chi connectivity index (χ1v) is 12.9. The van der Waals surface area contributed by atoms with E-state index in [1.165, 1.54) is 22.8 Å². The van der Waals surface area contributed by atoms with E-state index in [1.54, 1.807) is 12.1 Å². The Kier molecular flexibility index (Phi) is 9.03. The number of amidine groups is 2. The lowest BCUT2D eigenvalue weighted by Gasteiger charge is -2.20. The van der Waals surface area contributed by atoms with Gasteiger partial charge in [-0.2, -0.15) is 15.1 Å². The van der Waals surface area contributed by atoms with Gasteiger partial charge in [-0.25, -0.2) is 0 Å². The van der Waals surface area contributed by atoms with Crippen molar-refractivity contribution in [1.82, 2.24) is 5.01 Å². The molecule has 2 aromatic carbocycles. The number of ether oxygens (including phenoxy) is 3. The summed E-state index contributed by atoms with van der Waals surface area (Å²) in [4.78, 5) is 16.7. The first-order chi connectivity index (χ1) is 17.5. The summed E-state index contributed by atoms with van der Waals surface area (Å²) in [5, 5.41) is 16.0. The van der Waals surface area contributed by atoms with Crippen LogP contribution in [0.1, 0.15) is 25.3 Å². The molecular weight excluding hydrogens is 523 g/mol. The van der Waals surface area contributed by atoms with Gasteiger partial charge in [0.1, 0.15) is 24.0 Å². The number of benzene rings is 2. The number of fused-ring (bicyclic) bond motifs is 1. The molecular formula is C25H24Cl2N4O4S. The molecule has 0 aromatic heterocycles. The van der Waals surface area contributed by atoms with Crippen molar-refractivity contribution in [2.75, 3.05) is 26.4 Å². The SMILES string of the molecule is CCCC1=NN2C(=N)/C(=C/c3cc(Cl)c(OCCOCCOc4ccccc4)c(Cl)c3)C(=O)N=C2S1. The summed E-state index contributed by atoms with van der Waals surface area (Å²) in [7, 11) is 0. The summed E-state index contributed by atoms with van der Waals surface area (Å²) in [5.74, 6) is 0.563. The van der Waals surface area contributed by atoms with Gasteiger partial charge in [0.25, 0.3) is 5.91 Å². The van der Waals surface area contributed by atoms with E-state index in [2.05, 4.69) is 10.1 Å². The van der Waals surface area contributed by atoms with Crippen LogP contribution in [0.15, 0.2) is 58.1 Å². The molecule has 0 atom stereocenters. The van der Waals surface area contributed by atoms with Crippen LogP contribution in [0.3, 0.4) is 0 Å². The number of nitrogens with zero attached hydrogens (tertiary/aromatic N) is 3. The normalized spacial score (nSPS) is 16.2. The molecule has 36 heavy (non-hydrogen) atoms. The van der Waals surface area contributed by atoms with Gasteiger partial charge in [-0.3, -0.25) is 10.2 Å². The number of rotatable bonds is 11. The van der Waals surface area contributed by atoms with Gasteiger partial charge in [0.2, 0.25) is 5.17 Å². The van der Waals surface area contributed by atoms with E-state index in [0.29, 0.717) is 36.3 Å². The molecule has 0 aliphatic carbocycles. The number of nitrogens with one attached hydrogen (secondary N) is 1. The lowest BCUT2D eigenvalue weighted by molar-refractivity contribution is -0.114. The van der Waals surface area contributed by atoms with Crippen LogP contribution >= 0.6 is 35.0 Å². The van der Waals surface area contributed by atoms with Gasteiger partial charge in [-0.05, 0) is 60.5 Å². The molecule has 0 saturated carbocycles. The molecule has 0 saturated heterocycles. The molecule has 0 spiro atoms. The van der Waals surface area contributed by atoms with Crippen molar-refractivity contribution in [1.29, 1.82) is 5.41 Å². The molecule has 0 bridgehead atoms. The maximum Gasteiger partial charge on any atom is 0.283 e. The largest absolute Gasteiger partial charge is 0.491 e. The van der Waals surface area contributed by atoms with Gasteiger partial charge < -0.3 is 14.2 Å². The highest BCUT2D eigenvalue weighted by molar-refractivity contribution is 8.26. The number of hydrazone groups is 1. The van der Waals surface area contributed by atoms with E-state index in [-0.39, 0.29) is 28.1 Å². The molecule has 2 aliphatic rings. The number of halogens is 2. The highest BCUT2D eigenvalue weighted by atomic mass is 35.5. The van der Waals surface area contributed by atoms with Gasteiger partial charge in [-0.15, -0.1) is 0 Å². The van der Waals surface area contributed by atoms with Gasteiger partial charge >= 0.3 is 0 Å². The summed E-state index contributed by atoms with van der Waals surface area (Å²) in [6.07, 6.45) is 3.21. The zero-order chi connectivity index (χ0) is 25.5. The average molecular weight is 547 g/mol. The monoisotopic (exact) mass is 546 g/mol. The van der Waals surface area contributed by atoms with Crippen molar-refractivity contribution in [3.05, 3.63) is 63.6 Å². The van der Waals surface area contributed by atoms with E-state index >= 15 is 0 Å². The Bertz CT molecular complexity index is 1210. The van der Waals surface area contributed by atoms with Crippen molar-refractivity contribution in [2.45, 2.75) is 19.8 Å². The second kappa shape index (κ2) is 12.4. The average Bonchev–Trinajstić information content (AvgIpc) is 3.26. The van der Waals surface area contributed by atoms with Crippen molar-refractivity contribution in [2.24, 2.45) is 10.1 Å².